The summed E-state index contributed by atoms with van der Waals surface area (Å²) in [6.07, 6.45) is 4.15. The Morgan fingerprint density at radius 2 is 1.80 bits per heavy atom. The molecular weight excluding hydrogens is 478 g/mol. The van der Waals surface area contributed by atoms with Gasteiger partial charge in [0.05, 0.1) is 18.9 Å². The Kier molecular flexibility index (Phi) is 8.65. The molecule has 192 valence electrons. The van der Waals surface area contributed by atoms with Crippen LogP contribution in [0.4, 0.5) is 20.4 Å². The quantitative estimate of drug-likeness (QED) is 0.455. The van der Waals surface area contributed by atoms with Crippen LogP contribution in [-0.4, -0.2) is 63.5 Å². The van der Waals surface area contributed by atoms with E-state index in [1.165, 1.54) is 13.1 Å². The van der Waals surface area contributed by atoms with Gasteiger partial charge in [0.2, 0.25) is 10.0 Å². The van der Waals surface area contributed by atoms with Gasteiger partial charge in [0, 0.05) is 31.8 Å². The van der Waals surface area contributed by atoms with Crippen molar-refractivity contribution in [2.24, 2.45) is 5.92 Å². The maximum Gasteiger partial charge on any atom is 0.251 e. The fourth-order valence-corrected chi connectivity index (χ4v) is 4.18. The number of amides is 1. The molecule has 2 N–H and O–H groups in total. The highest BCUT2D eigenvalue weighted by Gasteiger charge is 2.26. The Morgan fingerprint density at radius 3 is 2.34 bits per heavy atom. The molecule has 0 aliphatic heterocycles. The van der Waals surface area contributed by atoms with E-state index >= 15 is 0 Å². The van der Waals surface area contributed by atoms with Gasteiger partial charge < -0.3 is 15.3 Å². The number of pyridine rings is 1. The van der Waals surface area contributed by atoms with Crippen LogP contribution in [0, 0.1) is 17.6 Å². The maximum absolute atomic E-state index is 13.5. The predicted octanol–water partition coefficient (Wildman–Crippen LogP) is 2.72. The number of aliphatic hydroxyl groups is 1. The molecule has 11 heteroatoms. The summed E-state index contributed by atoms with van der Waals surface area (Å²) in [7, 11) is -2.27. The summed E-state index contributed by atoms with van der Waals surface area (Å²) in [5, 5.41) is 12.5. The minimum Gasteiger partial charge on any atom is -0.394 e. The molecule has 0 radical (unpaired) electrons. The first-order valence-electron chi connectivity index (χ1n) is 11.6. The number of hydrogen-bond acceptors (Lipinski definition) is 6. The molecule has 1 aromatic carbocycles. The fraction of sp³-hybridized carbons (Fsp3) is 0.500. The zero-order valence-electron chi connectivity index (χ0n) is 20.2. The van der Waals surface area contributed by atoms with Crippen molar-refractivity contribution in [3.63, 3.8) is 0 Å². The molecule has 1 aromatic heterocycles. The van der Waals surface area contributed by atoms with Crippen LogP contribution in [0.3, 0.4) is 0 Å². The molecule has 1 amide bonds. The highest BCUT2D eigenvalue weighted by atomic mass is 32.2. The lowest BCUT2D eigenvalue weighted by Crippen LogP contribution is -2.39. The molecule has 3 rings (SSSR count). The molecule has 8 nitrogen and oxygen atoms in total. The number of aromatic nitrogens is 1. The van der Waals surface area contributed by atoms with E-state index in [2.05, 4.69) is 10.3 Å². The van der Waals surface area contributed by atoms with Crippen LogP contribution in [-0.2, 0) is 16.4 Å². The minimum absolute atomic E-state index is 0.00853. The van der Waals surface area contributed by atoms with Crippen LogP contribution in [0.2, 0.25) is 0 Å². The first kappa shape index (κ1) is 26.8. The first-order chi connectivity index (χ1) is 16.5. The maximum atomic E-state index is 13.5. The van der Waals surface area contributed by atoms with Gasteiger partial charge in [-0.05, 0) is 61.4 Å². The van der Waals surface area contributed by atoms with Gasteiger partial charge in [0.15, 0.2) is 0 Å². The van der Waals surface area contributed by atoms with Crippen molar-refractivity contribution in [2.75, 3.05) is 42.2 Å². The summed E-state index contributed by atoms with van der Waals surface area (Å²) in [5.74, 6) is -0.925. The van der Waals surface area contributed by atoms with E-state index in [4.69, 9.17) is 0 Å². The SMILES string of the molecule is CCCN(CC1CC1)c1cc(C(=O)N[C@H](CO)Cc2cc(F)cc(F)c2)cc(N(C)S(C)(=O)=O)n1. The van der Waals surface area contributed by atoms with Crippen LogP contribution < -0.4 is 14.5 Å². The van der Waals surface area contributed by atoms with Gasteiger partial charge in [-0.15, -0.1) is 0 Å². The van der Waals surface area contributed by atoms with E-state index in [0.717, 1.165) is 54.6 Å². The van der Waals surface area contributed by atoms with Gasteiger partial charge in [-0.2, -0.15) is 0 Å². The summed E-state index contributed by atoms with van der Waals surface area (Å²) >= 11 is 0. The van der Waals surface area contributed by atoms with E-state index in [9.17, 15) is 27.1 Å². The number of carbonyl (C=O) groups is 1. The van der Waals surface area contributed by atoms with E-state index in [1.54, 1.807) is 6.07 Å². The molecule has 0 unspecified atom stereocenters. The largest absolute Gasteiger partial charge is 0.394 e. The molecule has 1 heterocycles. The lowest BCUT2D eigenvalue weighted by Gasteiger charge is -2.26. The van der Waals surface area contributed by atoms with Gasteiger partial charge in [-0.1, -0.05) is 6.92 Å². The third-order valence-corrected chi connectivity index (χ3v) is 7.02. The number of nitrogens with zero attached hydrogens (tertiary/aromatic N) is 3. The number of halogens is 2. The molecule has 0 spiro atoms. The molecule has 35 heavy (non-hydrogen) atoms. The number of anilines is 2. The van der Waals surface area contributed by atoms with Crippen molar-refractivity contribution in [2.45, 2.75) is 38.6 Å². The minimum atomic E-state index is -3.63. The summed E-state index contributed by atoms with van der Waals surface area (Å²) in [4.78, 5) is 19.7. The second-order valence-corrected chi connectivity index (χ2v) is 11.0. The molecule has 0 saturated heterocycles. The Balaban J connectivity index is 1.90. The standard InChI is InChI=1S/C24H32F2N4O4S/c1-4-7-30(14-16-5-6-16)23-12-18(11-22(28-23)29(2)35(3,33)34)24(32)27-21(15-31)10-17-8-19(25)13-20(26)9-17/h8-9,11-13,16,21,31H,4-7,10,14-15H2,1-3H3,(H,27,32)/t21-/m0/s1. The zero-order chi connectivity index (χ0) is 25.8. The van der Waals surface area contributed by atoms with Crippen LogP contribution in [0.15, 0.2) is 30.3 Å². The van der Waals surface area contributed by atoms with Gasteiger partial charge in [-0.3, -0.25) is 9.10 Å². The lowest BCUT2D eigenvalue weighted by atomic mass is 10.1. The topological polar surface area (TPSA) is 103 Å². The molecule has 1 atom stereocenters. The number of carbonyl (C=O) groups excluding carboxylic acids is 1. The fourth-order valence-electron chi connectivity index (χ4n) is 3.75. The summed E-state index contributed by atoms with van der Waals surface area (Å²) in [5.41, 5.74) is 0.453. The second-order valence-electron chi connectivity index (χ2n) is 9.03. The van der Waals surface area contributed by atoms with Crippen LogP contribution in [0.25, 0.3) is 0 Å². The number of nitrogens with one attached hydrogen (secondary N) is 1. The average Bonchev–Trinajstić information content (AvgIpc) is 3.60. The van der Waals surface area contributed by atoms with E-state index in [1.807, 2.05) is 11.8 Å². The second kappa shape index (κ2) is 11.3. The van der Waals surface area contributed by atoms with Crippen LogP contribution in [0.5, 0.6) is 0 Å². The molecular formula is C24H32F2N4O4S. The number of rotatable bonds is 12. The molecule has 1 fully saturated rings. The summed E-state index contributed by atoms with van der Waals surface area (Å²) in [6.45, 7) is 3.03. The third-order valence-electron chi connectivity index (χ3n) is 5.83. The summed E-state index contributed by atoms with van der Waals surface area (Å²) in [6, 6.07) is 5.19. The lowest BCUT2D eigenvalue weighted by molar-refractivity contribution is 0.0916. The first-order valence-corrected chi connectivity index (χ1v) is 13.4. The number of sulfonamides is 1. The van der Waals surface area contributed by atoms with Crippen molar-refractivity contribution in [1.29, 1.82) is 0 Å². The van der Waals surface area contributed by atoms with Gasteiger partial charge in [-0.25, -0.2) is 22.2 Å². The van der Waals surface area contributed by atoms with Gasteiger partial charge in [0.25, 0.3) is 5.91 Å². The monoisotopic (exact) mass is 510 g/mol. The Morgan fingerprint density at radius 1 is 1.17 bits per heavy atom. The van der Waals surface area contributed by atoms with Gasteiger partial charge >= 0.3 is 0 Å². The van der Waals surface area contributed by atoms with Crippen LogP contribution >= 0.6 is 0 Å². The van der Waals surface area contributed by atoms with E-state index < -0.39 is 40.2 Å². The van der Waals surface area contributed by atoms with Crippen molar-refractivity contribution in [1.82, 2.24) is 10.3 Å². The Bertz CT molecular complexity index is 1140. The van der Waals surface area contributed by atoms with E-state index in [0.29, 0.717) is 18.3 Å². The van der Waals surface area contributed by atoms with Crippen molar-refractivity contribution in [3.05, 3.63) is 53.1 Å². The number of aliphatic hydroxyl groups excluding tert-OH is 1. The summed E-state index contributed by atoms with van der Waals surface area (Å²) < 4.78 is 52.4. The van der Waals surface area contributed by atoms with Crippen LogP contribution in [0.1, 0.15) is 42.1 Å². The number of hydrogen-bond donors (Lipinski definition) is 2. The average molecular weight is 511 g/mol. The predicted molar refractivity (Wildman–Crippen MR) is 131 cm³/mol. The zero-order valence-corrected chi connectivity index (χ0v) is 21.0. The smallest absolute Gasteiger partial charge is 0.251 e. The molecule has 1 aliphatic carbocycles. The van der Waals surface area contributed by atoms with Crippen molar-refractivity contribution in [3.8, 4) is 0 Å². The molecule has 0 bridgehead atoms. The van der Waals surface area contributed by atoms with Gasteiger partial charge in [0.1, 0.15) is 23.3 Å². The Hall–Kier alpha value is -2.79. The highest BCUT2D eigenvalue weighted by molar-refractivity contribution is 7.92. The molecule has 1 saturated carbocycles. The van der Waals surface area contributed by atoms with Crippen molar-refractivity contribution >= 4 is 27.6 Å². The molecule has 1 aliphatic rings. The van der Waals surface area contributed by atoms with Crippen molar-refractivity contribution < 1.29 is 27.1 Å². The third kappa shape index (κ3) is 7.60. The molecule has 2 aromatic rings. The normalized spacial score (nSPS) is 14.5. The van der Waals surface area contributed by atoms with E-state index in [-0.39, 0.29) is 23.4 Å². The highest BCUT2D eigenvalue weighted by Crippen LogP contribution is 2.32. The number of benzene rings is 1. The Labute approximate surface area is 205 Å².